The lowest BCUT2D eigenvalue weighted by Crippen LogP contribution is -2.40. The van der Waals surface area contributed by atoms with E-state index in [0.717, 1.165) is 36.1 Å². The molecule has 1 aliphatic heterocycles. The minimum Gasteiger partial charge on any atom is -0.494 e. The number of benzene rings is 2. The van der Waals surface area contributed by atoms with Gasteiger partial charge in [-0.2, -0.15) is 0 Å². The number of aromatic nitrogens is 1. The highest BCUT2D eigenvalue weighted by molar-refractivity contribution is 7.07. The lowest BCUT2D eigenvalue weighted by molar-refractivity contribution is -0.140. The Hall–Kier alpha value is -3.71. The molecule has 0 fully saturated rings. The number of unbranched alkanes of at least 4 members (excludes halogenated alkanes) is 2. The van der Waals surface area contributed by atoms with Crippen LogP contribution in [0.1, 0.15) is 64.1 Å². The van der Waals surface area contributed by atoms with Gasteiger partial charge in [-0.25, -0.2) is 9.79 Å². The van der Waals surface area contributed by atoms with Gasteiger partial charge in [0.1, 0.15) is 5.75 Å². The van der Waals surface area contributed by atoms with E-state index in [0.29, 0.717) is 33.8 Å². The number of hydrogen-bond donors (Lipinski definition) is 0. The molecule has 0 saturated heterocycles. The fourth-order valence-electron chi connectivity index (χ4n) is 4.33. The predicted octanol–water partition coefficient (Wildman–Crippen LogP) is 5.67. The highest BCUT2D eigenvalue weighted by atomic mass is 32.1. The molecule has 204 valence electrons. The van der Waals surface area contributed by atoms with Crippen molar-refractivity contribution in [3.05, 3.63) is 103 Å². The highest BCUT2D eigenvalue weighted by Gasteiger charge is 2.33. The largest absolute Gasteiger partial charge is 0.494 e. The maximum Gasteiger partial charge on any atom is 0.338 e. The number of esters is 1. The molecule has 4 rings (SSSR count). The Balaban J connectivity index is 1.73. The van der Waals surface area contributed by atoms with Crippen LogP contribution in [-0.2, 0) is 9.53 Å². The summed E-state index contributed by atoms with van der Waals surface area (Å²) < 4.78 is 13.7. The molecule has 1 aromatic heterocycles. The monoisotopic (exact) mass is 544 g/mol. The van der Waals surface area contributed by atoms with Crippen molar-refractivity contribution in [3.63, 3.8) is 0 Å². The fraction of sp³-hybridized carbons (Fsp3) is 0.344. The van der Waals surface area contributed by atoms with Crippen LogP contribution in [0.3, 0.4) is 0 Å². The van der Waals surface area contributed by atoms with Gasteiger partial charge in [-0.05, 0) is 48.6 Å². The Labute approximate surface area is 233 Å². The van der Waals surface area contributed by atoms with Crippen molar-refractivity contribution >= 4 is 29.5 Å². The Bertz CT molecular complexity index is 1510. The van der Waals surface area contributed by atoms with Crippen LogP contribution in [0.5, 0.6) is 5.75 Å². The second kappa shape index (κ2) is 13.4. The summed E-state index contributed by atoms with van der Waals surface area (Å²) in [7, 11) is 0. The van der Waals surface area contributed by atoms with E-state index < -0.39 is 12.0 Å². The normalized spacial score (nSPS) is 15.5. The third kappa shape index (κ3) is 7.03. The predicted molar refractivity (Wildman–Crippen MR) is 157 cm³/mol. The summed E-state index contributed by atoms with van der Waals surface area (Å²) in [6.45, 7) is 8.89. The molecule has 0 bridgehead atoms. The van der Waals surface area contributed by atoms with Crippen LogP contribution in [0, 0.1) is 5.92 Å². The van der Waals surface area contributed by atoms with Crippen molar-refractivity contribution in [1.29, 1.82) is 0 Å². The summed E-state index contributed by atoms with van der Waals surface area (Å²) in [4.78, 5) is 32.3. The lowest BCUT2D eigenvalue weighted by atomic mass is 9.96. The number of nitrogens with zero attached hydrogens (tertiary/aromatic N) is 2. The molecule has 2 heterocycles. The van der Waals surface area contributed by atoms with Gasteiger partial charge < -0.3 is 9.47 Å². The molecule has 0 aliphatic carbocycles. The summed E-state index contributed by atoms with van der Waals surface area (Å²) in [6.07, 6.45) is 8.88. The molecule has 0 radical (unpaired) electrons. The first-order valence-electron chi connectivity index (χ1n) is 13.5. The van der Waals surface area contributed by atoms with Crippen LogP contribution >= 0.6 is 11.3 Å². The number of hydrogen-bond acceptors (Lipinski definition) is 6. The Morgan fingerprint density at radius 3 is 2.54 bits per heavy atom. The number of allylic oxidation sites excluding steroid dienone is 2. The van der Waals surface area contributed by atoms with Gasteiger partial charge in [0.25, 0.3) is 5.56 Å². The Kier molecular flexibility index (Phi) is 9.71. The van der Waals surface area contributed by atoms with E-state index in [4.69, 9.17) is 9.47 Å². The van der Waals surface area contributed by atoms with E-state index in [1.165, 1.54) is 11.3 Å². The molecule has 1 unspecified atom stereocenters. The summed E-state index contributed by atoms with van der Waals surface area (Å²) in [5.41, 5.74) is 2.59. The van der Waals surface area contributed by atoms with Crippen LogP contribution < -0.4 is 19.6 Å². The lowest BCUT2D eigenvalue weighted by Gasteiger charge is -2.25. The van der Waals surface area contributed by atoms with Gasteiger partial charge >= 0.3 is 5.97 Å². The van der Waals surface area contributed by atoms with E-state index in [2.05, 4.69) is 11.9 Å². The zero-order valence-electron chi connectivity index (χ0n) is 23.1. The molecular formula is C32H36N2O4S. The maximum atomic E-state index is 13.7. The minimum atomic E-state index is -0.643. The van der Waals surface area contributed by atoms with Gasteiger partial charge in [0.05, 0.1) is 35.1 Å². The number of fused-ring (bicyclic) bond motifs is 1. The van der Waals surface area contributed by atoms with Crippen molar-refractivity contribution < 1.29 is 14.3 Å². The first kappa shape index (κ1) is 28.3. The van der Waals surface area contributed by atoms with Crippen molar-refractivity contribution in [2.24, 2.45) is 10.9 Å². The first-order chi connectivity index (χ1) is 18.9. The Morgan fingerprint density at radius 1 is 1.10 bits per heavy atom. The van der Waals surface area contributed by atoms with E-state index >= 15 is 0 Å². The van der Waals surface area contributed by atoms with Crippen molar-refractivity contribution in [2.45, 2.75) is 53.0 Å². The molecule has 0 saturated carbocycles. The second-order valence-electron chi connectivity index (χ2n) is 9.99. The van der Waals surface area contributed by atoms with E-state index in [1.807, 2.05) is 80.6 Å². The molecule has 39 heavy (non-hydrogen) atoms. The minimum absolute atomic E-state index is 0.190. The van der Waals surface area contributed by atoms with Crippen LogP contribution in [0.4, 0.5) is 0 Å². The maximum absolute atomic E-state index is 13.7. The standard InChI is InChI=1S/C32H36N2O4S/c1-5-6-10-20-37-26-18-16-25(17-19-26)29-28(31(36)38-21-22(2)3)23(4)33-32-34(29)30(35)27(39-32)15-11-14-24-12-8-7-9-13-24/h7-9,11-19,22,29H,5-6,10,20-21H2,1-4H3. The molecular weight excluding hydrogens is 508 g/mol. The summed E-state index contributed by atoms with van der Waals surface area (Å²) >= 11 is 1.32. The molecule has 0 N–H and O–H groups in total. The van der Waals surface area contributed by atoms with E-state index in [9.17, 15) is 9.59 Å². The first-order valence-corrected chi connectivity index (χ1v) is 14.3. The third-order valence-corrected chi connectivity index (χ3v) is 7.34. The smallest absolute Gasteiger partial charge is 0.338 e. The number of rotatable bonds is 11. The molecule has 0 spiro atoms. The van der Waals surface area contributed by atoms with Gasteiger partial charge in [-0.3, -0.25) is 9.36 Å². The highest BCUT2D eigenvalue weighted by Crippen LogP contribution is 2.31. The van der Waals surface area contributed by atoms with Crippen molar-refractivity contribution in [3.8, 4) is 5.75 Å². The van der Waals surface area contributed by atoms with Crippen molar-refractivity contribution in [1.82, 2.24) is 4.57 Å². The number of thiazole rings is 1. The van der Waals surface area contributed by atoms with Crippen LogP contribution in [-0.4, -0.2) is 23.8 Å². The van der Waals surface area contributed by atoms with Crippen LogP contribution in [0.25, 0.3) is 12.2 Å². The molecule has 0 amide bonds. The van der Waals surface area contributed by atoms with Crippen LogP contribution in [0.15, 0.2) is 81.7 Å². The second-order valence-corrected chi connectivity index (χ2v) is 11.0. The quantitative estimate of drug-likeness (QED) is 0.230. The average molecular weight is 545 g/mol. The average Bonchev–Trinajstić information content (AvgIpc) is 3.24. The summed E-state index contributed by atoms with van der Waals surface area (Å²) in [5, 5.41) is 0. The van der Waals surface area contributed by atoms with Gasteiger partial charge in [0.2, 0.25) is 0 Å². The van der Waals surface area contributed by atoms with Gasteiger partial charge in [0.15, 0.2) is 4.80 Å². The molecule has 1 atom stereocenters. The third-order valence-electron chi connectivity index (χ3n) is 6.34. The molecule has 3 aromatic rings. The molecule has 7 heteroatoms. The number of carbonyl (C=O) groups is 1. The number of carbonyl (C=O) groups excluding carboxylic acids is 1. The van der Waals surface area contributed by atoms with Gasteiger partial charge in [-0.15, -0.1) is 0 Å². The van der Waals surface area contributed by atoms with Gasteiger partial charge in [0, 0.05) is 0 Å². The molecule has 2 aromatic carbocycles. The van der Waals surface area contributed by atoms with Gasteiger partial charge in [-0.1, -0.05) is 99.6 Å². The van der Waals surface area contributed by atoms with Crippen molar-refractivity contribution in [2.75, 3.05) is 13.2 Å². The van der Waals surface area contributed by atoms with Crippen LogP contribution in [0.2, 0.25) is 0 Å². The molecule has 6 nitrogen and oxygen atoms in total. The van der Waals surface area contributed by atoms with E-state index in [1.54, 1.807) is 17.6 Å². The zero-order chi connectivity index (χ0) is 27.8. The number of ether oxygens (including phenoxy) is 2. The summed E-state index contributed by atoms with van der Waals surface area (Å²) in [6, 6.07) is 16.9. The molecule has 1 aliphatic rings. The SMILES string of the molecule is CCCCCOc1ccc(C2C(C(=O)OCC(C)C)=C(C)N=c3sc(=CC=Cc4ccccc4)c(=O)n32)cc1. The zero-order valence-corrected chi connectivity index (χ0v) is 23.9. The Morgan fingerprint density at radius 2 is 1.85 bits per heavy atom. The topological polar surface area (TPSA) is 69.9 Å². The fourth-order valence-corrected chi connectivity index (χ4v) is 5.33. The summed E-state index contributed by atoms with van der Waals surface area (Å²) in [5.74, 6) is 0.501. The van der Waals surface area contributed by atoms with E-state index in [-0.39, 0.29) is 11.5 Å².